The standard InChI is InChI=1S/C59H50N2/c1-57(2)51-23-13-11-21-45(51)47-29-25-41(35-53(47)57)60(39-17-7-5-8-18-39)43-27-31-49-50-32-28-44(38-56(50)59(55(49)37-43)33-15-16-34-59)61(40-19-9-6-10-20-40)42-26-30-48-46-22-12-14-24-52(46)58(3,4)54(48)36-42/h5-14,17-32,35-38H,15-16,33-34H2,1-4H3. The van der Waals surface area contributed by atoms with Crippen molar-refractivity contribution >= 4 is 34.1 Å². The number of anilines is 6. The van der Waals surface area contributed by atoms with E-state index < -0.39 is 0 Å². The van der Waals surface area contributed by atoms with Gasteiger partial charge in [-0.3, -0.25) is 0 Å². The Morgan fingerprint density at radius 3 is 1.00 bits per heavy atom. The van der Waals surface area contributed by atoms with E-state index >= 15 is 0 Å². The van der Waals surface area contributed by atoms with Crippen LogP contribution >= 0.6 is 0 Å². The van der Waals surface area contributed by atoms with Crippen LogP contribution in [-0.4, -0.2) is 0 Å². The third-order valence-electron chi connectivity index (χ3n) is 15.0. The van der Waals surface area contributed by atoms with Gasteiger partial charge >= 0.3 is 0 Å². The summed E-state index contributed by atoms with van der Waals surface area (Å²) in [6.45, 7) is 9.51. The molecule has 12 rings (SSSR count). The second kappa shape index (κ2) is 13.2. The molecule has 8 aromatic carbocycles. The fourth-order valence-corrected chi connectivity index (χ4v) is 12.0. The summed E-state index contributed by atoms with van der Waals surface area (Å²) in [5.74, 6) is 0. The lowest BCUT2D eigenvalue weighted by Gasteiger charge is -2.32. The van der Waals surface area contributed by atoms with Crippen molar-refractivity contribution < 1.29 is 0 Å². The first-order valence-electron chi connectivity index (χ1n) is 22.2. The molecule has 296 valence electrons. The van der Waals surface area contributed by atoms with Crippen LogP contribution in [0, 0.1) is 0 Å². The van der Waals surface area contributed by atoms with Gasteiger partial charge in [-0.05, 0) is 152 Å². The Bertz CT molecular complexity index is 2840. The number of fused-ring (bicyclic) bond motifs is 11. The molecule has 0 saturated heterocycles. The molecule has 1 spiro atoms. The van der Waals surface area contributed by atoms with Crippen molar-refractivity contribution in [2.24, 2.45) is 0 Å². The third-order valence-corrected chi connectivity index (χ3v) is 15.0. The smallest absolute Gasteiger partial charge is 0.0465 e. The van der Waals surface area contributed by atoms with Crippen LogP contribution in [0.2, 0.25) is 0 Å². The fourth-order valence-electron chi connectivity index (χ4n) is 12.0. The predicted octanol–water partition coefficient (Wildman–Crippen LogP) is 16.1. The van der Waals surface area contributed by atoms with Gasteiger partial charge in [-0.15, -0.1) is 0 Å². The van der Waals surface area contributed by atoms with Gasteiger partial charge in [0.15, 0.2) is 0 Å². The van der Waals surface area contributed by atoms with E-state index in [1.54, 1.807) is 0 Å². The first-order valence-corrected chi connectivity index (χ1v) is 22.2. The Labute approximate surface area is 360 Å². The molecule has 2 nitrogen and oxygen atoms in total. The highest BCUT2D eigenvalue weighted by Crippen LogP contribution is 2.60. The average molecular weight is 787 g/mol. The largest absolute Gasteiger partial charge is 0.310 e. The van der Waals surface area contributed by atoms with E-state index in [1.165, 1.54) is 114 Å². The average Bonchev–Trinajstić information content (AvgIpc) is 4.01. The monoisotopic (exact) mass is 786 g/mol. The van der Waals surface area contributed by atoms with Crippen molar-refractivity contribution in [3.05, 3.63) is 215 Å². The van der Waals surface area contributed by atoms with Crippen LogP contribution in [0.4, 0.5) is 34.1 Å². The Morgan fingerprint density at radius 2 is 0.607 bits per heavy atom. The molecule has 0 radical (unpaired) electrons. The van der Waals surface area contributed by atoms with Crippen LogP contribution in [0.1, 0.15) is 86.8 Å². The van der Waals surface area contributed by atoms with Crippen molar-refractivity contribution in [2.75, 3.05) is 9.80 Å². The molecule has 0 heterocycles. The summed E-state index contributed by atoms with van der Waals surface area (Å²) in [7, 11) is 0. The summed E-state index contributed by atoms with van der Waals surface area (Å²) >= 11 is 0. The summed E-state index contributed by atoms with van der Waals surface area (Å²) in [4.78, 5) is 4.98. The molecule has 4 aliphatic rings. The number of hydrogen-bond acceptors (Lipinski definition) is 2. The molecule has 4 aliphatic carbocycles. The van der Waals surface area contributed by atoms with Crippen LogP contribution in [0.3, 0.4) is 0 Å². The first kappa shape index (κ1) is 36.2. The molecule has 0 N–H and O–H groups in total. The van der Waals surface area contributed by atoms with Crippen LogP contribution in [0.25, 0.3) is 33.4 Å². The maximum Gasteiger partial charge on any atom is 0.0465 e. The summed E-state index contributed by atoms with van der Waals surface area (Å²) in [6.07, 6.45) is 4.79. The minimum absolute atomic E-state index is 0.0372. The minimum atomic E-state index is -0.0792. The topological polar surface area (TPSA) is 6.48 Å². The van der Waals surface area contributed by atoms with E-state index in [1.807, 2.05) is 0 Å². The van der Waals surface area contributed by atoms with Crippen LogP contribution in [0.5, 0.6) is 0 Å². The zero-order valence-electron chi connectivity index (χ0n) is 35.5. The Balaban J connectivity index is 0.983. The van der Waals surface area contributed by atoms with Crippen molar-refractivity contribution in [3.63, 3.8) is 0 Å². The van der Waals surface area contributed by atoms with Crippen molar-refractivity contribution in [2.45, 2.75) is 69.6 Å². The minimum Gasteiger partial charge on any atom is -0.310 e. The fraction of sp³-hybridized carbons (Fsp3) is 0.186. The molecule has 0 atom stereocenters. The summed E-state index contributed by atoms with van der Waals surface area (Å²) in [6, 6.07) is 68.8. The predicted molar refractivity (Wildman–Crippen MR) is 256 cm³/mol. The molecule has 0 bridgehead atoms. The zero-order chi connectivity index (χ0) is 41.1. The molecule has 0 amide bonds. The van der Waals surface area contributed by atoms with Gasteiger partial charge in [0.25, 0.3) is 0 Å². The van der Waals surface area contributed by atoms with Crippen molar-refractivity contribution in [1.82, 2.24) is 0 Å². The summed E-state index contributed by atoms with van der Waals surface area (Å²) < 4.78 is 0. The van der Waals surface area contributed by atoms with Gasteiger partial charge < -0.3 is 9.80 Å². The van der Waals surface area contributed by atoms with Gasteiger partial charge in [0.05, 0.1) is 0 Å². The van der Waals surface area contributed by atoms with Gasteiger partial charge in [0.2, 0.25) is 0 Å². The second-order valence-electron chi connectivity index (χ2n) is 18.9. The molecule has 8 aromatic rings. The van der Waals surface area contributed by atoms with Crippen LogP contribution in [-0.2, 0) is 16.2 Å². The Kier molecular flexibility index (Phi) is 7.83. The molecular weight excluding hydrogens is 737 g/mol. The highest BCUT2D eigenvalue weighted by Gasteiger charge is 2.46. The lowest BCUT2D eigenvalue weighted by molar-refractivity contribution is 0.550. The number of hydrogen-bond donors (Lipinski definition) is 0. The van der Waals surface area contributed by atoms with Crippen LogP contribution in [0.15, 0.2) is 182 Å². The first-order chi connectivity index (χ1) is 29.7. The SMILES string of the molecule is CC1(C)c2ccccc2-c2ccc(N(c3ccccc3)c3ccc4c(c3)C3(CCCC3)c3cc(N(c5ccccc5)c5ccc6c(c5)C(C)(C)c5ccccc5-6)ccc3-4)cc21. The van der Waals surface area contributed by atoms with E-state index in [0.717, 1.165) is 12.8 Å². The van der Waals surface area contributed by atoms with Crippen LogP contribution < -0.4 is 9.80 Å². The van der Waals surface area contributed by atoms with Gasteiger partial charge in [-0.25, -0.2) is 0 Å². The highest BCUT2D eigenvalue weighted by molar-refractivity contribution is 5.91. The number of para-hydroxylation sites is 2. The number of nitrogens with zero attached hydrogens (tertiary/aromatic N) is 2. The molecule has 2 heteroatoms. The van der Waals surface area contributed by atoms with E-state index in [-0.39, 0.29) is 16.2 Å². The highest BCUT2D eigenvalue weighted by atomic mass is 15.1. The quantitative estimate of drug-likeness (QED) is 0.166. The van der Waals surface area contributed by atoms with Crippen molar-refractivity contribution in [3.8, 4) is 33.4 Å². The van der Waals surface area contributed by atoms with Gasteiger partial charge in [0, 0.05) is 50.4 Å². The maximum absolute atomic E-state index is 2.55. The number of rotatable bonds is 6. The molecule has 0 aliphatic heterocycles. The zero-order valence-corrected chi connectivity index (χ0v) is 35.5. The van der Waals surface area contributed by atoms with Gasteiger partial charge in [0.1, 0.15) is 0 Å². The Hall–Kier alpha value is -6.64. The van der Waals surface area contributed by atoms with Crippen molar-refractivity contribution in [1.29, 1.82) is 0 Å². The van der Waals surface area contributed by atoms with Gasteiger partial charge in [-0.1, -0.05) is 150 Å². The molecule has 61 heavy (non-hydrogen) atoms. The normalized spacial score (nSPS) is 16.3. The third kappa shape index (κ3) is 5.21. The van der Waals surface area contributed by atoms with E-state index in [4.69, 9.17) is 0 Å². The van der Waals surface area contributed by atoms with E-state index in [9.17, 15) is 0 Å². The molecular formula is C59H50N2. The molecule has 0 unspecified atom stereocenters. The van der Waals surface area contributed by atoms with E-state index in [2.05, 4.69) is 219 Å². The number of benzene rings is 8. The molecule has 0 aromatic heterocycles. The maximum atomic E-state index is 2.55. The lowest BCUT2D eigenvalue weighted by atomic mass is 9.76. The summed E-state index contributed by atoms with van der Waals surface area (Å²) in [5, 5.41) is 0. The molecule has 1 saturated carbocycles. The lowest BCUT2D eigenvalue weighted by Crippen LogP contribution is -2.22. The Morgan fingerprint density at radius 1 is 0.295 bits per heavy atom. The second-order valence-corrected chi connectivity index (χ2v) is 18.9. The summed E-state index contributed by atoms with van der Waals surface area (Å²) in [5.41, 5.74) is 23.7. The molecule has 1 fully saturated rings. The van der Waals surface area contributed by atoms with Gasteiger partial charge in [-0.2, -0.15) is 0 Å². The van der Waals surface area contributed by atoms with E-state index in [0.29, 0.717) is 0 Å².